The van der Waals surface area contributed by atoms with Gasteiger partial charge in [-0.15, -0.1) is 0 Å². The standard InChI is InChI=1S/C20H17N.C13H11NO/c1-14-8-10-19-17(12-14)18-13-15(2)9-11-20(18)21(19)16-6-4-3-5-7-16;1-14-10-6-2-4-8-12(10)15-13-9-5-3-7-11(13)14/h3-13H,1-2H3;2-9H,1H3. The summed E-state index contributed by atoms with van der Waals surface area (Å²) in [5.74, 6) is 1.83. The van der Waals surface area contributed by atoms with Crippen LogP contribution in [0.3, 0.4) is 0 Å². The zero-order valence-corrected chi connectivity index (χ0v) is 20.8. The molecule has 5 aromatic carbocycles. The van der Waals surface area contributed by atoms with Crippen LogP contribution in [0.2, 0.25) is 0 Å². The highest BCUT2D eigenvalue weighted by molar-refractivity contribution is 6.09. The summed E-state index contributed by atoms with van der Waals surface area (Å²) in [5, 5.41) is 2.66. The van der Waals surface area contributed by atoms with Crippen LogP contribution < -0.4 is 9.64 Å². The Bertz CT molecular complexity index is 1590. The van der Waals surface area contributed by atoms with Crippen LogP contribution in [0.1, 0.15) is 11.1 Å². The SMILES string of the molecule is CN1c2ccccc2Oc2ccccc21.Cc1ccc2c(c1)c1cc(C)ccc1n2-c1ccccc1. The zero-order valence-electron chi connectivity index (χ0n) is 20.8. The number of anilines is 2. The Morgan fingerprint density at radius 2 is 1.00 bits per heavy atom. The van der Waals surface area contributed by atoms with E-state index in [1.54, 1.807) is 0 Å². The van der Waals surface area contributed by atoms with Crippen molar-refractivity contribution in [2.75, 3.05) is 11.9 Å². The maximum absolute atomic E-state index is 5.81. The molecule has 0 fully saturated rings. The minimum absolute atomic E-state index is 0.915. The summed E-state index contributed by atoms with van der Waals surface area (Å²) in [6.45, 7) is 4.31. The van der Waals surface area contributed by atoms with E-state index < -0.39 is 0 Å². The summed E-state index contributed by atoms with van der Waals surface area (Å²) in [4.78, 5) is 2.15. The topological polar surface area (TPSA) is 17.4 Å². The van der Waals surface area contributed by atoms with E-state index in [0.29, 0.717) is 0 Å². The molecule has 2 heterocycles. The van der Waals surface area contributed by atoms with Gasteiger partial charge >= 0.3 is 0 Å². The van der Waals surface area contributed by atoms with Crippen LogP contribution >= 0.6 is 0 Å². The molecule has 0 N–H and O–H groups in total. The van der Waals surface area contributed by atoms with Gasteiger partial charge < -0.3 is 14.2 Å². The van der Waals surface area contributed by atoms with Gasteiger partial charge in [0.25, 0.3) is 0 Å². The molecule has 36 heavy (non-hydrogen) atoms. The summed E-state index contributed by atoms with van der Waals surface area (Å²) in [6, 6.07) is 40.1. The Morgan fingerprint density at radius 3 is 1.53 bits per heavy atom. The van der Waals surface area contributed by atoms with E-state index in [9.17, 15) is 0 Å². The van der Waals surface area contributed by atoms with Crippen molar-refractivity contribution in [1.29, 1.82) is 0 Å². The van der Waals surface area contributed by atoms with Gasteiger partial charge in [-0.05, 0) is 74.5 Å². The zero-order chi connectivity index (χ0) is 24.6. The van der Waals surface area contributed by atoms with E-state index in [2.05, 4.69) is 109 Å². The number of para-hydroxylation sites is 5. The monoisotopic (exact) mass is 468 g/mol. The molecular weight excluding hydrogens is 440 g/mol. The number of nitrogens with zero attached hydrogens (tertiary/aromatic N) is 2. The van der Waals surface area contributed by atoms with E-state index in [0.717, 1.165) is 22.9 Å². The highest BCUT2D eigenvalue weighted by Gasteiger charge is 2.19. The number of fused-ring (bicyclic) bond motifs is 5. The van der Waals surface area contributed by atoms with Crippen molar-refractivity contribution in [3.63, 3.8) is 0 Å². The predicted octanol–water partition coefficient (Wildman–Crippen LogP) is 8.96. The van der Waals surface area contributed by atoms with Crippen molar-refractivity contribution < 1.29 is 4.74 Å². The first kappa shape index (κ1) is 22.0. The maximum Gasteiger partial charge on any atom is 0.151 e. The first-order chi connectivity index (χ1) is 17.6. The second kappa shape index (κ2) is 8.94. The number of ether oxygens (including phenoxy) is 1. The Kier molecular flexibility index (Phi) is 5.46. The molecule has 0 saturated carbocycles. The second-order valence-electron chi connectivity index (χ2n) is 9.31. The Labute approximate surface area is 211 Å². The lowest BCUT2D eigenvalue weighted by atomic mass is 10.1. The van der Waals surface area contributed by atoms with Crippen LogP contribution in [0.15, 0.2) is 115 Å². The van der Waals surface area contributed by atoms with Crippen LogP contribution in [0.25, 0.3) is 27.5 Å². The highest BCUT2D eigenvalue weighted by atomic mass is 16.5. The van der Waals surface area contributed by atoms with E-state index in [4.69, 9.17) is 4.74 Å². The fourth-order valence-corrected chi connectivity index (χ4v) is 5.00. The number of aryl methyl sites for hydroxylation is 2. The molecular formula is C33H28N2O. The maximum atomic E-state index is 5.81. The second-order valence-corrected chi connectivity index (χ2v) is 9.31. The number of hydrogen-bond donors (Lipinski definition) is 0. The highest BCUT2D eigenvalue weighted by Crippen LogP contribution is 2.45. The quantitative estimate of drug-likeness (QED) is 0.240. The van der Waals surface area contributed by atoms with Gasteiger partial charge in [0.2, 0.25) is 0 Å². The average Bonchev–Trinajstić information content (AvgIpc) is 3.22. The first-order valence-corrected chi connectivity index (χ1v) is 12.3. The van der Waals surface area contributed by atoms with Crippen molar-refractivity contribution in [3.05, 3.63) is 126 Å². The van der Waals surface area contributed by atoms with Gasteiger partial charge in [0.05, 0.1) is 22.4 Å². The van der Waals surface area contributed by atoms with Gasteiger partial charge in [0.1, 0.15) is 0 Å². The molecule has 1 aromatic heterocycles. The molecule has 1 aliphatic heterocycles. The molecule has 1 aliphatic rings. The van der Waals surface area contributed by atoms with Gasteiger partial charge in [0.15, 0.2) is 11.5 Å². The largest absolute Gasteiger partial charge is 0.453 e. The predicted molar refractivity (Wildman–Crippen MR) is 151 cm³/mol. The molecule has 0 amide bonds. The van der Waals surface area contributed by atoms with Crippen LogP contribution in [0, 0.1) is 13.8 Å². The average molecular weight is 469 g/mol. The molecule has 176 valence electrons. The van der Waals surface area contributed by atoms with Crippen LogP contribution in [0.4, 0.5) is 11.4 Å². The lowest BCUT2D eigenvalue weighted by Gasteiger charge is -2.29. The van der Waals surface area contributed by atoms with Crippen molar-refractivity contribution >= 4 is 33.2 Å². The summed E-state index contributed by atoms with van der Waals surface area (Å²) in [5.41, 5.74) is 8.57. The van der Waals surface area contributed by atoms with Crippen molar-refractivity contribution in [2.45, 2.75) is 13.8 Å². The Balaban J connectivity index is 0.000000141. The summed E-state index contributed by atoms with van der Waals surface area (Å²) in [6.07, 6.45) is 0. The number of benzene rings is 5. The lowest BCUT2D eigenvalue weighted by Crippen LogP contribution is -2.15. The third kappa shape index (κ3) is 3.79. The molecule has 7 rings (SSSR count). The Hall–Kier alpha value is -4.50. The lowest BCUT2D eigenvalue weighted by molar-refractivity contribution is 0.475. The number of hydrogen-bond acceptors (Lipinski definition) is 2. The van der Waals surface area contributed by atoms with Crippen molar-refractivity contribution in [3.8, 4) is 17.2 Å². The molecule has 0 saturated heterocycles. The van der Waals surface area contributed by atoms with Crippen LogP contribution in [0.5, 0.6) is 11.5 Å². The molecule has 0 unspecified atom stereocenters. The first-order valence-electron chi connectivity index (χ1n) is 12.3. The molecule has 0 radical (unpaired) electrons. The van der Waals surface area contributed by atoms with Crippen LogP contribution in [-0.2, 0) is 0 Å². The minimum atomic E-state index is 0.915. The third-order valence-corrected chi connectivity index (χ3v) is 6.76. The summed E-state index contributed by atoms with van der Waals surface area (Å²) >= 11 is 0. The van der Waals surface area contributed by atoms with E-state index in [1.165, 1.54) is 38.6 Å². The van der Waals surface area contributed by atoms with Gasteiger partial charge in [0, 0.05) is 23.5 Å². The molecule has 0 atom stereocenters. The van der Waals surface area contributed by atoms with E-state index in [1.807, 2.05) is 36.4 Å². The molecule has 6 aromatic rings. The number of rotatable bonds is 1. The minimum Gasteiger partial charge on any atom is -0.453 e. The molecule has 3 nitrogen and oxygen atoms in total. The molecule has 3 heteroatoms. The van der Waals surface area contributed by atoms with Crippen molar-refractivity contribution in [2.24, 2.45) is 0 Å². The normalized spacial score (nSPS) is 11.9. The summed E-state index contributed by atoms with van der Waals surface area (Å²) < 4.78 is 8.16. The third-order valence-electron chi connectivity index (χ3n) is 6.76. The van der Waals surface area contributed by atoms with Gasteiger partial charge in [-0.2, -0.15) is 0 Å². The summed E-state index contributed by atoms with van der Waals surface area (Å²) in [7, 11) is 2.06. The number of aromatic nitrogens is 1. The van der Waals surface area contributed by atoms with E-state index in [-0.39, 0.29) is 0 Å². The molecule has 0 spiro atoms. The Morgan fingerprint density at radius 1 is 0.528 bits per heavy atom. The van der Waals surface area contributed by atoms with Gasteiger partial charge in [-0.1, -0.05) is 65.7 Å². The van der Waals surface area contributed by atoms with Crippen LogP contribution in [-0.4, -0.2) is 11.6 Å². The van der Waals surface area contributed by atoms with Gasteiger partial charge in [-0.25, -0.2) is 0 Å². The fraction of sp³-hybridized carbons (Fsp3) is 0.0909. The van der Waals surface area contributed by atoms with E-state index >= 15 is 0 Å². The molecule has 0 bridgehead atoms. The molecule has 0 aliphatic carbocycles. The fourth-order valence-electron chi connectivity index (χ4n) is 5.00. The smallest absolute Gasteiger partial charge is 0.151 e. The van der Waals surface area contributed by atoms with Gasteiger partial charge in [-0.3, -0.25) is 0 Å². The van der Waals surface area contributed by atoms with Crippen molar-refractivity contribution in [1.82, 2.24) is 4.57 Å².